The van der Waals surface area contributed by atoms with Crippen molar-refractivity contribution in [3.8, 4) is 0 Å². The van der Waals surface area contributed by atoms with Crippen LogP contribution in [0.4, 0.5) is 0 Å². The van der Waals surface area contributed by atoms with Crippen LogP contribution in [0.1, 0.15) is 33.6 Å². The summed E-state index contributed by atoms with van der Waals surface area (Å²) in [6.45, 7) is 16.1. The summed E-state index contributed by atoms with van der Waals surface area (Å²) in [5.41, 5.74) is 1.02. The van der Waals surface area contributed by atoms with Crippen molar-refractivity contribution in [1.82, 2.24) is 0 Å². The van der Waals surface area contributed by atoms with Crippen molar-refractivity contribution < 1.29 is 28.6 Å². The summed E-state index contributed by atoms with van der Waals surface area (Å²) in [7, 11) is 0. The molecule has 1 fully saturated rings. The van der Waals surface area contributed by atoms with Crippen LogP contribution in [0.2, 0.25) is 0 Å². The maximum Gasteiger partial charge on any atom is 0.333 e. The first-order valence-electron chi connectivity index (χ1n) is 8.59. The molecule has 0 radical (unpaired) electrons. The lowest BCUT2D eigenvalue weighted by Gasteiger charge is -2.19. The molecule has 0 aromatic rings. The molecule has 2 atom stereocenters. The van der Waals surface area contributed by atoms with Gasteiger partial charge in [0.25, 0.3) is 0 Å². The topological polar surface area (TPSA) is 78.9 Å². The van der Waals surface area contributed by atoms with E-state index >= 15 is 0 Å². The monoisotopic (exact) mass is 364 g/mol. The van der Waals surface area contributed by atoms with Gasteiger partial charge in [-0.15, -0.1) is 0 Å². The van der Waals surface area contributed by atoms with Crippen LogP contribution in [-0.4, -0.2) is 37.7 Å². The molecule has 0 heterocycles. The molecule has 0 bridgehead atoms. The Kier molecular flexibility index (Phi) is 8.29. The van der Waals surface area contributed by atoms with Crippen molar-refractivity contribution in [2.75, 3.05) is 19.8 Å². The smallest absolute Gasteiger partial charge is 0.333 e. The number of esters is 3. The third-order valence-electron chi connectivity index (χ3n) is 4.29. The quantitative estimate of drug-likeness (QED) is 0.355. The fourth-order valence-corrected chi connectivity index (χ4v) is 2.81. The second-order valence-electron chi connectivity index (χ2n) is 6.99. The van der Waals surface area contributed by atoms with Gasteiger partial charge in [-0.05, 0) is 51.4 Å². The molecule has 6 nitrogen and oxygen atoms in total. The van der Waals surface area contributed by atoms with Crippen molar-refractivity contribution in [2.24, 2.45) is 17.8 Å². The zero-order valence-corrected chi connectivity index (χ0v) is 15.8. The number of carbonyl (C=O) groups excluding carboxylic acids is 3. The summed E-state index contributed by atoms with van der Waals surface area (Å²) in [6.07, 6.45) is 1.42. The maximum atomic E-state index is 11.6. The molecule has 6 heteroatoms. The first kappa shape index (κ1) is 21.7. The molecule has 1 saturated carbocycles. The molecule has 2 unspecified atom stereocenters. The van der Waals surface area contributed by atoms with Crippen LogP contribution in [0.25, 0.3) is 0 Å². The van der Waals surface area contributed by atoms with Gasteiger partial charge in [-0.1, -0.05) is 19.7 Å². The maximum absolute atomic E-state index is 11.6. The second-order valence-corrected chi connectivity index (χ2v) is 6.99. The van der Waals surface area contributed by atoms with Crippen LogP contribution in [0.5, 0.6) is 0 Å². The molecular formula is C20H28O6. The fourth-order valence-electron chi connectivity index (χ4n) is 2.81. The predicted octanol–water partition coefficient (Wildman–Crippen LogP) is 2.99. The number of hydrogen-bond donors (Lipinski definition) is 0. The lowest BCUT2D eigenvalue weighted by Crippen LogP contribution is -2.23. The normalized spacial score (nSPS) is 21.6. The van der Waals surface area contributed by atoms with E-state index in [1.54, 1.807) is 20.8 Å². The molecule has 0 aromatic carbocycles. The highest BCUT2D eigenvalue weighted by Gasteiger charge is 2.36. The van der Waals surface area contributed by atoms with Gasteiger partial charge in [0.2, 0.25) is 0 Å². The minimum atomic E-state index is -0.445. The first-order chi connectivity index (χ1) is 12.1. The minimum absolute atomic E-state index is 0.0183. The highest BCUT2D eigenvalue weighted by molar-refractivity contribution is 5.87. The summed E-state index contributed by atoms with van der Waals surface area (Å²) < 4.78 is 15.8. The van der Waals surface area contributed by atoms with Crippen LogP contribution in [0, 0.1) is 17.8 Å². The zero-order valence-electron chi connectivity index (χ0n) is 15.8. The SMILES string of the molecule is C=C(C)C(=O)OCC1CC(COC(=O)C(=C)C)C(COC(=O)C(=C)C)C1. The molecular weight excluding hydrogens is 336 g/mol. The fraction of sp³-hybridized carbons (Fsp3) is 0.550. The van der Waals surface area contributed by atoms with Crippen LogP contribution < -0.4 is 0 Å². The van der Waals surface area contributed by atoms with Gasteiger partial charge < -0.3 is 14.2 Å². The highest BCUT2D eigenvalue weighted by Crippen LogP contribution is 2.37. The van der Waals surface area contributed by atoms with Crippen LogP contribution in [0.3, 0.4) is 0 Å². The average molecular weight is 364 g/mol. The molecule has 0 N–H and O–H groups in total. The van der Waals surface area contributed by atoms with Crippen molar-refractivity contribution >= 4 is 17.9 Å². The Morgan fingerprint density at radius 1 is 0.692 bits per heavy atom. The molecule has 0 spiro atoms. The van der Waals surface area contributed by atoms with E-state index in [1.807, 2.05) is 0 Å². The van der Waals surface area contributed by atoms with Crippen molar-refractivity contribution in [2.45, 2.75) is 33.6 Å². The Labute approximate surface area is 154 Å². The zero-order chi connectivity index (χ0) is 19.9. The molecule has 144 valence electrons. The van der Waals surface area contributed by atoms with E-state index < -0.39 is 17.9 Å². The average Bonchev–Trinajstić information content (AvgIpc) is 2.96. The van der Waals surface area contributed by atoms with Gasteiger partial charge in [0.1, 0.15) is 0 Å². The summed E-state index contributed by atoms with van der Waals surface area (Å²) in [5, 5.41) is 0. The summed E-state index contributed by atoms with van der Waals surface area (Å²) >= 11 is 0. The molecule has 0 aliphatic heterocycles. The van der Waals surface area contributed by atoms with Gasteiger partial charge in [0, 0.05) is 16.7 Å². The number of ether oxygens (including phenoxy) is 3. The number of hydrogen-bond acceptors (Lipinski definition) is 6. The van der Waals surface area contributed by atoms with E-state index in [9.17, 15) is 14.4 Å². The summed E-state index contributed by atoms with van der Waals surface area (Å²) in [5.74, 6) is -1.16. The molecule has 0 amide bonds. The van der Waals surface area contributed by atoms with Gasteiger partial charge >= 0.3 is 17.9 Å². The van der Waals surface area contributed by atoms with Gasteiger partial charge in [-0.2, -0.15) is 0 Å². The van der Waals surface area contributed by atoms with Crippen molar-refractivity contribution in [1.29, 1.82) is 0 Å². The standard InChI is InChI=1S/C20H28O6/c1-12(2)18(21)24-9-15-7-16(10-25-19(22)13(3)4)17(8-15)11-26-20(23)14(5)6/h15-17H,1,3,5,7-11H2,2,4,6H3. The highest BCUT2D eigenvalue weighted by atomic mass is 16.5. The number of rotatable bonds is 9. The minimum Gasteiger partial charge on any atom is -0.462 e. The Bertz CT molecular complexity index is 565. The second kappa shape index (κ2) is 9.94. The Morgan fingerprint density at radius 3 is 1.31 bits per heavy atom. The van der Waals surface area contributed by atoms with E-state index in [1.165, 1.54) is 0 Å². The Hall–Kier alpha value is -2.37. The van der Waals surface area contributed by atoms with E-state index in [0.717, 1.165) is 0 Å². The summed E-state index contributed by atoms with van der Waals surface area (Å²) in [6, 6.07) is 0. The third-order valence-corrected chi connectivity index (χ3v) is 4.29. The van der Waals surface area contributed by atoms with E-state index in [2.05, 4.69) is 19.7 Å². The lowest BCUT2D eigenvalue weighted by atomic mass is 9.98. The first-order valence-corrected chi connectivity index (χ1v) is 8.59. The van der Waals surface area contributed by atoms with Gasteiger partial charge in [0.05, 0.1) is 19.8 Å². The van der Waals surface area contributed by atoms with Crippen LogP contribution in [-0.2, 0) is 28.6 Å². The van der Waals surface area contributed by atoms with E-state index in [0.29, 0.717) is 29.6 Å². The molecule has 1 aliphatic carbocycles. The van der Waals surface area contributed by atoms with E-state index in [-0.39, 0.29) is 37.6 Å². The third kappa shape index (κ3) is 6.86. The Morgan fingerprint density at radius 2 is 1.00 bits per heavy atom. The molecule has 0 saturated heterocycles. The molecule has 1 rings (SSSR count). The van der Waals surface area contributed by atoms with Crippen molar-refractivity contribution in [3.05, 3.63) is 36.5 Å². The van der Waals surface area contributed by atoms with Crippen LogP contribution >= 0.6 is 0 Å². The van der Waals surface area contributed by atoms with Gasteiger partial charge in [-0.3, -0.25) is 0 Å². The largest absolute Gasteiger partial charge is 0.462 e. The van der Waals surface area contributed by atoms with E-state index in [4.69, 9.17) is 14.2 Å². The molecule has 0 aromatic heterocycles. The van der Waals surface area contributed by atoms with Gasteiger partial charge in [-0.25, -0.2) is 14.4 Å². The lowest BCUT2D eigenvalue weighted by molar-refractivity contribution is -0.144. The van der Waals surface area contributed by atoms with Crippen molar-refractivity contribution in [3.63, 3.8) is 0 Å². The Balaban J connectivity index is 2.64. The molecule has 1 aliphatic rings. The molecule has 26 heavy (non-hydrogen) atoms. The summed E-state index contributed by atoms with van der Waals surface area (Å²) in [4.78, 5) is 34.8. The number of carbonyl (C=O) groups is 3. The predicted molar refractivity (Wildman–Crippen MR) is 97.0 cm³/mol. The van der Waals surface area contributed by atoms with Gasteiger partial charge in [0.15, 0.2) is 0 Å². The van der Waals surface area contributed by atoms with Crippen LogP contribution in [0.15, 0.2) is 36.5 Å².